The Labute approximate surface area is 204 Å². The number of hydrogen-bond donors (Lipinski definition) is 1. The molecule has 0 radical (unpaired) electrons. The number of fused-ring (bicyclic) bond motifs is 1. The van der Waals surface area contributed by atoms with Crippen LogP contribution in [0.3, 0.4) is 0 Å². The number of carbonyl (C=O) groups is 1. The van der Waals surface area contributed by atoms with Crippen LogP contribution >= 0.6 is 0 Å². The van der Waals surface area contributed by atoms with Crippen molar-refractivity contribution in [2.45, 2.75) is 38.6 Å². The summed E-state index contributed by atoms with van der Waals surface area (Å²) in [6, 6.07) is 14.5. The first kappa shape index (κ1) is 23.2. The SMILES string of the molecule is CCC1(C)C(=O)Nc2ccc(Oc3cc(N4CCN(C(C)c5ccc(F)cc5)CC4)ncn3)cc21. The lowest BCUT2D eigenvalue weighted by Gasteiger charge is -2.38. The number of piperazine rings is 1. The van der Waals surface area contributed by atoms with E-state index in [1.165, 1.54) is 18.5 Å². The Balaban J connectivity index is 1.25. The number of ether oxygens (including phenoxy) is 1. The molecule has 7 nitrogen and oxygen atoms in total. The van der Waals surface area contributed by atoms with Gasteiger partial charge in [-0.25, -0.2) is 14.4 Å². The van der Waals surface area contributed by atoms with E-state index in [-0.39, 0.29) is 17.8 Å². The molecule has 5 rings (SSSR count). The fraction of sp³-hybridized carbons (Fsp3) is 0.370. The maximum absolute atomic E-state index is 13.3. The highest BCUT2D eigenvalue weighted by molar-refractivity contribution is 6.06. The van der Waals surface area contributed by atoms with Crippen molar-refractivity contribution in [2.24, 2.45) is 0 Å². The van der Waals surface area contributed by atoms with Crippen LogP contribution in [0.2, 0.25) is 0 Å². The second kappa shape index (κ2) is 9.26. The highest BCUT2D eigenvalue weighted by atomic mass is 19.1. The second-order valence-electron chi connectivity index (χ2n) is 9.41. The molecule has 2 unspecified atom stereocenters. The zero-order valence-corrected chi connectivity index (χ0v) is 20.3. The summed E-state index contributed by atoms with van der Waals surface area (Å²) in [7, 11) is 0. The summed E-state index contributed by atoms with van der Waals surface area (Å²) in [5.41, 5.74) is 2.34. The summed E-state index contributed by atoms with van der Waals surface area (Å²) in [4.78, 5) is 25.8. The average Bonchev–Trinajstić information content (AvgIpc) is 3.14. The van der Waals surface area contributed by atoms with Crippen LogP contribution in [0.4, 0.5) is 15.9 Å². The average molecular weight is 476 g/mol. The number of benzene rings is 2. The van der Waals surface area contributed by atoms with Gasteiger partial charge in [-0.05, 0) is 61.7 Å². The van der Waals surface area contributed by atoms with Crippen LogP contribution in [0.1, 0.15) is 44.4 Å². The van der Waals surface area contributed by atoms with Gasteiger partial charge < -0.3 is 15.0 Å². The molecule has 1 saturated heterocycles. The third-order valence-corrected chi connectivity index (χ3v) is 7.43. The first-order chi connectivity index (χ1) is 16.9. The lowest BCUT2D eigenvalue weighted by Crippen LogP contribution is -2.47. The van der Waals surface area contributed by atoms with E-state index in [0.29, 0.717) is 18.1 Å². The fourth-order valence-corrected chi connectivity index (χ4v) is 4.86. The molecule has 1 amide bonds. The number of nitrogens with zero attached hydrogens (tertiary/aromatic N) is 4. The summed E-state index contributed by atoms with van der Waals surface area (Å²) in [5.74, 6) is 1.73. The molecule has 2 atom stereocenters. The maximum Gasteiger partial charge on any atom is 0.234 e. The molecule has 1 aromatic heterocycles. The molecule has 2 aliphatic rings. The Hall–Kier alpha value is -3.52. The first-order valence-electron chi connectivity index (χ1n) is 12.1. The number of aromatic nitrogens is 2. The molecule has 1 fully saturated rings. The van der Waals surface area contributed by atoms with E-state index < -0.39 is 5.41 Å². The van der Waals surface area contributed by atoms with Crippen molar-refractivity contribution in [3.8, 4) is 11.6 Å². The lowest BCUT2D eigenvalue weighted by atomic mass is 9.81. The Bertz CT molecular complexity index is 1230. The lowest BCUT2D eigenvalue weighted by molar-refractivity contribution is -0.120. The van der Waals surface area contributed by atoms with Crippen molar-refractivity contribution in [1.82, 2.24) is 14.9 Å². The maximum atomic E-state index is 13.3. The zero-order chi connectivity index (χ0) is 24.6. The molecule has 8 heteroatoms. The van der Waals surface area contributed by atoms with Gasteiger partial charge in [-0.1, -0.05) is 19.1 Å². The summed E-state index contributed by atoms with van der Waals surface area (Å²) in [6.07, 6.45) is 2.23. The molecule has 0 saturated carbocycles. The van der Waals surface area contributed by atoms with Crippen LogP contribution in [0, 0.1) is 5.82 Å². The molecular formula is C27H30FN5O2. The quantitative estimate of drug-likeness (QED) is 0.546. The van der Waals surface area contributed by atoms with Crippen molar-refractivity contribution in [3.05, 3.63) is 71.8 Å². The van der Waals surface area contributed by atoms with Gasteiger partial charge in [-0.2, -0.15) is 0 Å². The molecule has 0 aliphatic carbocycles. The number of amides is 1. The van der Waals surface area contributed by atoms with Gasteiger partial charge in [-0.3, -0.25) is 9.69 Å². The van der Waals surface area contributed by atoms with Gasteiger partial charge in [0.2, 0.25) is 11.8 Å². The van der Waals surface area contributed by atoms with Gasteiger partial charge in [0.05, 0.1) is 5.41 Å². The third kappa shape index (κ3) is 4.46. The van der Waals surface area contributed by atoms with Crippen LogP contribution in [-0.4, -0.2) is 47.0 Å². The smallest absolute Gasteiger partial charge is 0.234 e. The largest absolute Gasteiger partial charge is 0.439 e. The summed E-state index contributed by atoms with van der Waals surface area (Å²) >= 11 is 0. The number of nitrogens with one attached hydrogen (secondary N) is 1. The minimum absolute atomic E-state index is 0.0179. The molecule has 182 valence electrons. The van der Waals surface area contributed by atoms with E-state index >= 15 is 0 Å². The van der Waals surface area contributed by atoms with E-state index in [1.807, 2.05) is 50.2 Å². The summed E-state index contributed by atoms with van der Waals surface area (Å²) < 4.78 is 19.3. The second-order valence-corrected chi connectivity index (χ2v) is 9.41. The van der Waals surface area contributed by atoms with Crippen molar-refractivity contribution in [3.63, 3.8) is 0 Å². The number of halogens is 1. The number of anilines is 2. The highest BCUT2D eigenvalue weighted by Gasteiger charge is 2.41. The number of carbonyl (C=O) groups excluding carboxylic acids is 1. The molecule has 0 spiro atoms. The van der Waals surface area contributed by atoms with E-state index in [1.54, 1.807) is 0 Å². The zero-order valence-electron chi connectivity index (χ0n) is 20.3. The van der Waals surface area contributed by atoms with Crippen LogP contribution in [0.5, 0.6) is 11.6 Å². The van der Waals surface area contributed by atoms with Gasteiger partial charge in [-0.15, -0.1) is 0 Å². The van der Waals surface area contributed by atoms with Crippen LogP contribution in [-0.2, 0) is 10.2 Å². The van der Waals surface area contributed by atoms with Gasteiger partial charge in [0, 0.05) is 44.0 Å². The normalized spacial score (nSPS) is 20.9. The molecule has 1 N–H and O–H groups in total. The Morgan fingerprint density at radius 3 is 2.54 bits per heavy atom. The van der Waals surface area contributed by atoms with Gasteiger partial charge in [0.25, 0.3) is 0 Å². The van der Waals surface area contributed by atoms with Crippen molar-refractivity contribution in [1.29, 1.82) is 0 Å². The summed E-state index contributed by atoms with van der Waals surface area (Å²) in [6.45, 7) is 9.52. The van der Waals surface area contributed by atoms with Gasteiger partial charge >= 0.3 is 0 Å². The van der Waals surface area contributed by atoms with Crippen LogP contribution in [0.15, 0.2) is 54.9 Å². The predicted octanol–water partition coefficient (Wildman–Crippen LogP) is 4.91. The van der Waals surface area contributed by atoms with E-state index in [4.69, 9.17) is 4.74 Å². The number of hydrogen-bond acceptors (Lipinski definition) is 6. The first-order valence-corrected chi connectivity index (χ1v) is 12.1. The van der Waals surface area contributed by atoms with Crippen molar-refractivity contribution < 1.29 is 13.9 Å². The molecular weight excluding hydrogens is 445 g/mol. The predicted molar refractivity (Wildman–Crippen MR) is 133 cm³/mol. The van der Waals surface area contributed by atoms with Crippen LogP contribution < -0.4 is 15.0 Å². The third-order valence-electron chi connectivity index (χ3n) is 7.43. The molecule has 2 aliphatic heterocycles. The minimum Gasteiger partial charge on any atom is -0.439 e. The van der Waals surface area contributed by atoms with Gasteiger partial charge in [0.1, 0.15) is 23.7 Å². The standard InChI is InChI=1S/C27H30FN5O2/c1-4-27(3)22-15-21(9-10-23(22)31-26(27)34)35-25-16-24(29-17-30-25)33-13-11-32(12-14-33)18(2)19-5-7-20(28)8-6-19/h5-10,15-18H,4,11-14H2,1-3H3,(H,31,34). The molecule has 3 aromatic rings. The Morgan fingerprint density at radius 1 is 1.09 bits per heavy atom. The van der Waals surface area contributed by atoms with Gasteiger partial charge in [0.15, 0.2) is 0 Å². The Morgan fingerprint density at radius 2 is 1.83 bits per heavy atom. The molecule has 35 heavy (non-hydrogen) atoms. The summed E-state index contributed by atoms with van der Waals surface area (Å²) in [5, 5.41) is 2.96. The molecule has 2 aromatic carbocycles. The van der Waals surface area contributed by atoms with Crippen molar-refractivity contribution in [2.75, 3.05) is 36.4 Å². The monoisotopic (exact) mass is 475 g/mol. The van der Waals surface area contributed by atoms with E-state index in [0.717, 1.165) is 48.8 Å². The van der Waals surface area contributed by atoms with Crippen molar-refractivity contribution >= 4 is 17.4 Å². The molecule has 3 heterocycles. The highest BCUT2D eigenvalue weighted by Crippen LogP contribution is 2.42. The topological polar surface area (TPSA) is 70.6 Å². The molecule has 0 bridgehead atoms. The fourth-order valence-electron chi connectivity index (χ4n) is 4.86. The van der Waals surface area contributed by atoms with E-state index in [9.17, 15) is 9.18 Å². The minimum atomic E-state index is -0.559. The van der Waals surface area contributed by atoms with Crippen LogP contribution in [0.25, 0.3) is 0 Å². The van der Waals surface area contributed by atoms with E-state index in [2.05, 4.69) is 32.0 Å². The number of rotatable bonds is 6. The Kier molecular flexibility index (Phi) is 6.15.